The Morgan fingerprint density at radius 2 is 2.33 bits per heavy atom. The SMILES string of the molecule is CC(C)NC(=O)CCn1nc(N)nc1Br. The summed E-state index contributed by atoms with van der Waals surface area (Å²) in [6.45, 7) is 4.30. The third-order valence-electron chi connectivity index (χ3n) is 1.64. The van der Waals surface area contributed by atoms with E-state index in [1.54, 1.807) is 4.68 Å². The van der Waals surface area contributed by atoms with E-state index in [4.69, 9.17) is 5.73 Å². The maximum atomic E-state index is 11.3. The number of hydrogen-bond acceptors (Lipinski definition) is 4. The van der Waals surface area contributed by atoms with Crippen LogP contribution in [0.25, 0.3) is 0 Å². The number of aryl methyl sites for hydroxylation is 1. The zero-order valence-electron chi connectivity index (χ0n) is 8.70. The lowest BCUT2D eigenvalue weighted by atomic mass is 10.3. The van der Waals surface area contributed by atoms with Gasteiger partial charge in [0.25, 0.3) is 0 Å². The number of nitrogens with one attached hydrogen (secondary N) is 1. The lowest BCUT2D eigenvalue weighted by Gasteiger charge is -2.07. The Morgan fingerprint density at radius 1 is 1.67 bits per heavy atom. The molecule has 15 heavy (non-hydrogen) atoms. The van der Waals surface area contributed by atoms with Crippen LogP contribution in [0.3, 0.4) is 0 Å². The first-order valence-electron chi connectivity index (χ1n) is 4.64. The van der Waals surface area contributed by atoms with Crippen molar-refractivity contribution in [2.24, 2.45) is 0 Å². The monoisotopic (exact) mass is 275 g/mol. The first-order valence-corrected chi connectivity index (χ1v) is 5.43. The maximum Gasteiger partial charge on any atom is 0.240 e. The van der Waals surface area contributed by atoms with E-state index in [2.05, 4.69) is 31.3 Å². The highest BCUT2D eigenvalue weighted by Gasteiger charge is 2.07. The number of carbonyl (C=O) groups is 1. The number of amides is 1. The Balaban J connectivity index is 2.43. The molecular formula is C8H14BrN5O. The Kier molecular flexibility index (Phi) is 4.07. The number of hydrogen-bond donors (Lipinski definition) is 2. The number of nitrogen functional groups attached to an aromatic ring is 1. The summed E-state index contributed by atoms with van der Waals surface area (Å²) in [5.74, 6) is 0.192. The summed E-state index contributed by atoms with van der Waals surface area (Å²) >= 11 is 3.20. The average molecular weight is 276 g/mol. The Bertz CT molecular complexity index is 349. The molecule has 1 heterocycles. The van der Waals surface area contributed by atoms with E-state index in [1.807, 2.05) is 13.8 Å². The first kappa shape index (κ1) is 12.0. The average Bonchev–Trinajstić information content (AvgIpc) is 2.40. The summed E-state index contributed by atoms with van der Waals surface area (Å²) in [5, 5.41) is 6.71. The van der Waals surface area contributed by atoms with Gasteiger partial charge >= 0.3 is 0 Å². The molecule has 1 rings (SSSR count). The van der Waals surface area contributed by atoms with Gasteiger partial charge < -0.3 is 11.1 Å². The quantitative estimate of drug-likeness (QED) is 0.840. The Morgan fingerprint density at radius 3 is 2.80 bits per heavy atom. The lowest BCUT2D eigenvalue weighted by molar-refractivity contribution is -0.121. The number of nitrogens with two attached hydrogens (primary N) is 1. The van der Waals surface area contributed by atoms with E-state index < -0.39 is 0 Å². The molecule has 0 aromatic carbocycles. The van der Waals surface area contributed by atoms with E-state index >= 15 is 0 Å². The molecule has 0 aliphatic rings. The number of anilines is 1. The van der Waals surface area contributed by atoms with Gasteiger partial charge in [-0.1, -0.05) is 0 Å². The number of halogens is 1. The van der Waals surface area contributed by atoms with E-state index in [0.29, 0.717) is 17.7 Å². The number of aromatic nitrogens is 3. The molecule has 0 aliphatic carbocycles. The van der Waals surface area contributed by atoms with Crippen molar-refractivity contribution in [3.05, 3.63) is 4.73 Å². The largest absolute Gasteiger partial charge is 0.366 e. The highest BCUT2D eigenvalue weighted by Crippen LogP contribution is 2.08. The van der Waals surface area contributed by atoms with Gasteiger partial charge in [-0.2, -0.15) is 4.98 Å². The van der Waals surface area contributed by atoms with Crippen molar-refractivity contribution in [1.29, 1.82) is 0 Å². The zero-order valence-corrected chi connectivity index (χ0v) is 10.3. The topological polar surface area (TPSA) is 85.8 Å². The van der Waals surface area contributed by atoms with Crippen LogP contribution in [0.1, 0.15) is 20.3 Å². The van der Waals surface area contributed by atoms with Crippen molar-refractivity contribution in [2.75, 3.05) is 5.73 Å². The molecule has 84 valence electrons. The molecule has 0 radical (unpaired) electrons. The van der Waals surface area contributed by atoms with Crippen molar-refractivity contribution in [1.82, 2.24) is 20.1 Å². The van der Waals surface area contributed by atoms with Crippen LogP contribution in [0.2, 0.25) is 0 Å². The van der Waals surface area contributed by atoms with Gasteiger partial charge in [0.15, 0.2) is 4.73 Å². The molecule has 1 aromatic heterocycles. The minimum Gasteiger partial charge on any atom is -0.366 e. The van der Waals surface area contributed by atoms with Gasteiger partial charge in [-0.3, -0.25) is 4.79 Å². The molecule has 0 fully saturated rings. The van der Waals surface area contributed by atoms with Crippen LogP contribution < -0.4 is 11.1 Å². The minimum atomic E-state index is -0.00836. The summed E-state index contributed by atoms with van der Waals surface area (Å²) in [5.41, 5.74) is 5.39. The summed E-state index contributed by atoms with van der Waals surface area (Å²) in [4.78, 5) is 15.2. The van der Waals surface area contributed by atoms with Crippen molar-refractivity contribution < 1.29 is 4.79 Å². The van der Waals surface area contributed by atoms with Gasteiger partial charge in [-0.25, -0.2) is 4.68 Å². The van der Waals surface area contributed by atoms with Gasteiger partial charge in [-0.05, 0) is 29.8 Å². The van der Waals surface area contributed by atoms with Crippen molar-refractivity contribution in [2.45, 2.75) is 32.9 Å². The lowest BCUT2D eigenvalue weighted by Crippen LogP contribution is -2.30. The van der Waals surface area contributed by atoms with Crippen LogP contribution in [0.5, 0.6) is 0 Å². The standard InChI is InChI=1S/C8H14BrN5O/c1-5(2)11-6(15)3-4-14-7(9)12-8(10)13-14/h5H,3-4H2,1-2H3,(H2,10,13)(H,11,15). The van der Waals surface area contributed by atoms with Crippen LogP contribution in [0.15, 0.2) is 4.73 Å². The minimum absolute atomic E-state index is 0.00836. The van der Waals surface area contributed by atoms with Crippen LogP contribution in [-0.4, -0.2) is 26.7 Å². The van der Waals surface area contributed by atoms with Gasteiger partial charge in [0.05, 0.1) is 6.54 Å². The molecule has 0 aliphatic heterocycles. The van der Waals surface area contributed by atoms with Gasteiger partial charge in [-0.15, -0.1) is 5.10 Å². The molecule has 1 aromatic rings. The van der Waals surface area contributed by atoms with E-state index in [9.17, 15) is 4.79 Å². The molecule has 0 unspecified atom stereocenters. The normalized spacial score (nSPS) is 10.7. The van der Waals surface area contributed by atoms with Crippen LogP contribution in [-0.2, 0) is 11.3 Å². The third-order valence-corrected chi connectivity index (χ3v) is 2.23. The number of rotatable bonds is 4. The molecular weight excluding hydrogens is 262 g/mol. The second kappa shape index (κ2) is 5.11. The van der Waals surface area contributed by atoms with E-state index in [0.717, 1.165) is 0 Å². The smallest absolute Gasteiger partial charge is 0.240 e. The van der Waals surface area contributed by atoms with Gasteiger partial charge in [0.1, 0.15) is 0 Å². The molecule has 6 nitrogen and oxygen atoms in total. The summed E-state index contributed by atoms with van der Waals surface area (Å²) in [6, 6.07) is 0.154. The summed E-state index contributed by atoms with van der Waals surface area (Å²) in [6.07, 6.45) is 0.361. The number of nitrogens with zero attached hydrogens (tertiary/aromatic N) is 3. The third kappa shape index (κ3) is 3.86. The van der Waals surface area contributed by atoms with Crippen LogP contribution in [0.4, 0.5) is 5.95 Å². The first-order chi connectivity index (χ1) is 6.99. The maximum absolute atomic E-state index is 11.3. The van der Waals surface area contributed by atoms with E-state index in [-0.39, 0.29) is 17.9 Å². The molecule has 7 heteroatoms. The molecule has 0 atom stereocenters. The molecule has 3 N–H and O–H groups in total. The van der Waals surface area contributed by atoms with Crippen molar-refractivity contribution in [3.8, 4) is 0 Å². The van der Waals surface area contributed by atoms with Gasteiger partial charge in [0.2, 0.25) is 11.9 Å². The predicted octanol–water partition coefficient (Wildman–Crippen LogP) is 0.537. The van der Waals surface area contributed by atoms with Crippen LogP contribution >= 0.6 is 15.9 Å². The molecule has 0 saturated carbocycles. The highest BCUT2D eigenvalue weighted by molar-refractivity contribution is 9.10. The second-order valence-corrected chi connectivity index (χ2v) is 4.14. The van der Waals surface area contributed by atoms with Crippen molar-refractivity contribution in [3.63, 3.8) is 0 Å². The van der Waals surface area contributed by atoms with Crippen molar-refractivity contribution >= 4 is 27.8 Å². The summed E-state index contributed by atoms with van der Waals surface area (Å²) < 4.78 is 2.09. The predicted molar refractivity (Wildman–Crippen MR) is 60.0 cm³/mol. The molecule has 1 amide bonds. The summed E-state index contributed by atoms with van der Waals surface area (Å²) in [7, 11) is 0. The molecule has 0 bridgehead atoms. The molecule has 0 saturated heterocycles. The fourth-order valence-corrected chi connectivity index (χ4v) is 1.52. The molecule has 0 spiro atoms. The zero-order chi connectivity index (χ0) is 11.4. The van der Waals surface area contributed by atoms with Gasteiger partial charge in [0, 0.05) is 12.5 Å². The fraction of sp³-hybridized carbons (Fsp3) is 0.625. The number of carbonyl (C=O) groups excluding carboxylic acids is 1. The highest BCUT2D eigenvalue weighted by atomic mass is 79.9. The van der Waals surface area contributed by atoms with E-state index in [1.165, 1.54) is 0 Å². The van der Waals surface area contributed by atoms with Crippen LogP contribution in [0, 0.1) is 0 Å². The second-order valence-electron chi connectivity index (χ2n) is 3.43. The Hall–Kier alpha value is -1.11. The Labute approximate surface area is 96.4 Å². The fourth-order valence-electron chi connectivity index (χ4n) is 1.08.